The van der Waals surface area contributed by atoms with Crippen molar-refractivity contribution in [1.82, 2.24) is 19.9 Å². The molecule has 10 nitrogen and oxygen atoms in total. The van der Waals surface area contributed by atoms with Gasteiger partial charge in [-0.25, -0.2) is 19.7 Å². The standard InChI is InChI=1S/C39H45F3N6O4S/c1-23-17-31-32(43-37(53-6)45-36(31)48-16-15-46(38(49)50)20-25(48)3)19-30(23)35-34(39(40,41)42)24(2)18-33(44-35)47(21-26-7-11-28(51-4)12-8-26)22-27-9-13-29(52-5)14-10-27/h7-14,18,23,25,30H,15-17,19-22H2,1-6H3,(H,49,50)/t23?,25-,30?/m0/s1. The zero-order valence-electron chi connectivity index (χ0n) is 30.8. The Morgan fingerprint density at radius 2 is 1.55 bits per heavy atom. The number of pyridine rings is 1. The maximum absolute atomic E-state index is 15.1. The number of hydrogen-bond donors (Lipinski definition) is 1. The fourth-order valence-electron chi connectivity index (χ4n) is 7.49. The highest BCUT2D eigenvalue weighted by molar-refractivity contribution is 7.98. The molecule has 2 aliphatic rings. The molecular formula is C39H45F3N6O4S. The number of thioether (sulfide) groups is 1. The zero-order valence-corrected chi connectivity index (χ0v) is 31.6. The number of alkyl halides is 3. The van der Waals surface area contributed by atoms with Crippen LogP contribution in [0.5, 0.6) is 11.5 Å². The maximum Gasteiger partial charge on any atom is 0.418 e. The summed E-state index contributed by atoms with van der Waals surface area (Å²) < 4.78 is 55.9. The number of rotatable bonds is 10. The lowest BCUT2D eigenvalue weighted by atomic mass is 9.75. The van der Waals surface area contributed by atoms with Gasteiger partial charge in [0.1, 0.15) is 23.1 Å². The number of piperazine rings is 1. The fourth-order valence-corrected chi connectivity index (χ4v) is 7.87. The van der Waals surface area contributed by atoms with Gasteiger partial charge in [0.2, 0.25) is 0 Å². The first-order valence-electron chi connectivity index (χ1n) is 17.6. The molecule has 1 amide bonds. The van der Waals surface area contributed by atoms with Crippen LogP contribution in [0.3, 0.4) is 0 Å². The van der Waals surface area contributed by atoms with E-state index < -0.39 is 23.8 Å². The number of amides is 1. The minimum absolute atomic E-state index is 0.0226. The summed E-state index contributed by atoms with van der Waals surface area (Å²) in [5.41, 5.74) is 2.96. The Hall–Kier alpha value is -4.72. The van der Waals surface area contributed by atoms with E-state index in [1.54, 1.807) is 20.3 Å². The van der Waals surface area contributed by atoms with E-state index in [2.05, 4.69) is 4.90 Å². The number of hydrogen-bond acceptors (Lipinski definition) is 9. The van der Waals surface area contributed by atoms with E-state index in [-0.39, 0.29) is 29.6 Å². The van der Waals surface area contributed by atoms with Crippen LogP contribution in [0.4, 0.5) is 29.6 Å². The maximum atomic E-state index is 15.1. The van der Waals surface area contributed by atoms with Gasteiger partial charge in [-0.1, -0.05) is 43.0 Å². The molecule has 1 saturated heterocycles. The number of halogens is 3. The van der Waals surface area contributed by atoms with E-state index in [0.717, 1.165) is 22.5 Å². The molecule has 14 heteroatoms. The summed E-state index contributed by atoms with van der Waals surface area (Å²) in [6.07, 6.45) is -2.99. The first-order chi connectivity index (χ1) is 25.3. The van der Waals surface area contributed by atoms with Gasteiger partial charge in [-0.15, -0.1) is 0 Å². The van der Waals surface area contributed by atoms with E-state index in [0.29, 0.717) is 67.3 Å². The van der Waals surface area contributed by atoms with Crippen LogP contribution in [0.15, 0.2) is 59.8 Å². The molecule has 53 heavy (non-hydrogen) atoms. The highest BCUT2D eigenvalue weighted by Crippen LogP contribution is 2.46. The van der Waals surface area contributed by atoms with Crippen LogP contribution in [0.25, 0.3) is 0 Å². The SMILES string of the molecule is COc1ccc(CN(Cc2ccc(OC)cc2)c2cc(C)c(C(F)(F)F)c(C3Cc4nc(SC)nc(N5CCN(C(=O)O)C[C@@H]5C)c4CC3C)n2)cc1. The van der Waals surface area contributed by atoms with Crippen LogP contribution in [0.2, 0.25) is 0 Å². The minimum Gasteiger partial charge on any atom is -0.497 e. The fraction of sp³-hybridized carbons (Fsp3) is 0.436. The van der Waals surface area contributed by atoms with E-state index in [9.17, 15) is 9.90 Å². The van der Waals surface area contributed by atoms with E-state index in [1.165, 1.54) is 23.6 Å². The summed E-state index contributed by atoms with van der Waals surface area (Å²) in [6, 6.07) is 16.7. The predicted molar refractivity (Wildman–Crippen MR) is 199 cm³/mol. The summed E-state index contributed by atoms with van der Waals surface area (Å²) in [7, 11) is 3.20. The molecule has 3 heterocycles. The van der Waals surface area contributed by atoms with Crippen LogP contribution in [0.1, 0.15) is 59.0 Å². The largest absolute Gasteiger partial charge is 0.497 e. The van der Waals surface area contributed by atoms with Crippen LogP contribution in [0, 0.1) is 12.8 Å². The van der Waals surface area contributed by atoms with Gasteiger partial charge in [-0.3, -0.25) is 0 Å². The van der Waals surface area contributed by atoms with Crippen molar-refractivity contribution in [1.29, 1.82) is 0 Å². The van der Waals surface area contributed by atoms with Gasteiger partial charge >= 0.3 is 12.3 Å². The van der Waals surface area contributed by atoms with Crippen molar-refractivity contribution in [3.63, 3.8) is 0 Å². The third-order valence-corrected chi connectivity index (χ3v) is 10.8. The molecule has 1 aliphatic heterocycles. The highest BCUT2D eigenvalue weighted by atomic mass is 32.2. The molecular weight excluding hydrogens is 706 g/mol. The summed E-state index contributed by atoms with van der Waals surface area (Å²) in [5, 5.41) is 10.1. The Morgan fingerprint density at radius 3 is 2.06 bits per heavy atom. The Bertz CT molecular complexity index is 1880. The molecule has 2 aromatic heterocycles. The molecule has 1 aliphatic carbocycles. The molecule has 4 aromatic rings. The summed E-state index contributed by atoms with van der Waals surface area (Å²) >= 11 is 1.38. The van der Waals surface area contributed by atoms with Crippen molar-refractivity contribution in [2.45, 2.75) is 70.0 Å². The number of nitrogens with zero attached hydrogens (tertiary/aromatic N) is 6. The molecule has 282 valence electrons. The molecule has 1 fully saturated rings. The topological polar surface area (TPSA) is 104 Å². The lowest BCUT2D eigenvalue weighted by Crippen LogP contribution is -2.54. The van der Waals surface area contributed by atoms with Crippen LogP contribution < -0.4 is 19.3 Å². The predicted octanol–water partition coefficient (Wildman–Crippen LogP) is 7.85. The number of carbonyl (C=O) groups is 1. The Balaban J connectivity index is 1.42. The molecule has 0 saturated carbocycles. The summed E-state index contributed by atoms with van der Waals surface area (Å²) in [4.78, 5) is 31.9. The number of aromatic nitrogens is 3. The van der Waals surface area contributed by atoms with Gasteiger partial charge in [0.25, 0.3) is 0 Å². The van der Waals surface area contributed by atoms with Crippen molar-refractivity contribution in [2.75, 3.05) is 49.9 Å². The van der Waals surface area contributed by atoms with Crippen molar-refractivity contribution >= 4 is 29.5 Å². The molecule has 2 aromatic carbocycles. The number of anilines is 2. The van der Waals surface area contributed by atoms with E-state index >= 15 is 13.2 Å². The van der Waals surface area contributed by atoms with Gasteiger partial charge in [-0.05, 0) is 85.9 Å². The second-order valence-electron chi connectivity index (χ2n) is 13.8. The van der Waals surface area contributed by atoms with E-state index in [1.807, 2.05) is 73.5 Å². The lowest BCUT2D eigenvalue weighted by Gasteiger charge is -2.41. The molecule has 3 atom stereocenters. The van der Waals surface area contributed by atoms with Gasteiger partial charge in [0.05, 0.1) is 31.2 Å². The normalized spacial score (nSPS) is 18.8. The second kappa shape index (κ2) is 15.7. The average molecular weight is 751 g/mol. The molecule has 2 unspecified atom stereocenters. The number of methoxy groups -OCH3 is 2. The van der Waals surface area contributed by atoms with Crippen LogP contribution in [-0.4, -0.2) is 77.2 Å². The monoisotopic (exact) mass is 750 g/mol. The molecule has 0 bridgehead atoms. The molecule has 1 N–H and O–H groups in total. The first kappa shape index (κ1) is 38.0. The summed E-state index contributed by atoms with van der Waals surface area (Å²) in [5.74, 6) is 1.82. The average Bonchev–Trinajstić information content (AvgIpc) is 3.13. The molecule has 0 radical (unpaired) electrons. The number of benzene rings is 2. The second-order valence-corrected chi connectivity index (χ2v) is 14.6. The minimum atomic E-state index is -4.62. The van der Waals surface area contributed by atoms with Crippen molar-refractivity contribution in [2.24, 2.45) is 5.92 Å². The Kier molecular flexibility index (Phi) is 11.3. The molecule has 0 spiro atoms. The van der Waals surface area contributed by atoms with Crippen LogP contribution in [-0.2, 0) is 32.1 Å². The lowest BCUT2D eigenvalue weighted by molar-refractivity contribution is -0.139. The number of ether oxygens (including phenoxy) is 2. The third-order valence-electron chi connectivity index (χ3n) is 10.3. The first-order valence-corrected chi connectivity index (χ1v) is 18.8. The highest BCUT2D eigenvalue weighted by Gasteiger charge is 2.42. The van der Waals surface area contributed by atoms with Gasteiger partial charge in [0, 0.05) is 50.2 Å². The van der Waals surface area contributed by atoms with Gasteiger partial charge < -0.3 is 29.3 Å². The molecule has 6 rings (SSSR count). The smallest absolute Gasteiger partial charge is 0.418 e. The van der Waals surface area contributed by atoms with Crippen molar-refractivity contribution < 1.29 is 32.5 Å². The third kappa shape index (κ3) is 8.27. The Labute approximate surface area is 312 Å². The van der Waals surface area contributed by atoms with E-state index in [4.69, 9.17) is 24.4 Å². The van der Waals surface area contributed by atoms with Crippen molar-refractivity contribution in [3.8, 4) is 11.5 Å². The van der Waals surface area contributed by atoms with Gasteiger partial charge in [-0.2, -0.15) is 13.2 Å². The zero-order chi connectivity index (χ0) is 38.0. The van der Waals surface area contributed by atoms with Gasteiger partial charge in [0.15, 0.2) is 5.16 Å². The quantitative estimate of drug-likeness (QED) is 0.127. The Morgan fingerprint density at radius 1 is 0.943 bits per heavy atom. The van der Waals surface area contributed by atoms with Crippen molar-refractivity contribution in [3.05, 3.63) is 93.8 Å². The number of aryl methyl sites for hydroxylation is 1. The number of fused-ring (bicyclic) bond motifs is 1. The van der Waals surface area contributed by atoms with Crippen LogP contribution >= 0.6 is 11.8 Å². The number of carboxylic acid groups (broad SMARTS) is 1. The summed E-state index contributed by atoms with van der Waals surface area (Å²) in [6.45, 7) is 7.38.